The summed E-state index contributed by atoms with van der Waals surface area (Å²) in [6, 6.07) is 3.97. The van der Waals surface area contributed by atoms with Crippen LogP contribution in [0.3, 0.4) is 0 Å². The van der Waals surface area contributed by atoms with E-state index in [2.05, 4.69) is 10.3 Å². The van der Waals surface area contributed by atoms with Crippen molar-refractivity contribution in [1.82, 2.24) is 10.2 Å². The SMILES string of the molecule is CC1=N/C(=C2\CN(C(=O)c3ccc(F)cc3OC3CCC3)CC2=N)NC(C)=C1Cl. The zero-order valence-electron chi connectivity index (χ0n) is 16.3. The van der Waals surface area contributed by atoms with Gasteiger partial charge in [0.1, 0.15) is 17.4 Å². The minimum absolute atomic E-state index is 0.0289. The van der Waals surface area contributed by atoms with Crippen molar-refractivity contribution < 1.29 is 13.9 Å². The van der Waals surface area contributed by atoms with Crippen LogP contribution in [0.15, 0.2) is 45.3 Å². The van der Waals surface area contributed by atoms with Crippen molar-refractivity contribution in [3.8, 4) is 5.75 Å². The number of carbonyl (C=O) groups excluding carboxylic acids is 1. The van der Waals surface area contributed by atoms with Crippen LogP contribution in [-0.4, -0.2) is 41.4 Å². The van der Waals surface area contributed by atoms with E-state index in [0.717, 1.165) is 25.0 Å². The lowest BCUT2D eigenvalue weighted by atomic mass is 9.96. The Balaban J connectivity index is 1.59. The second-order valence-electron chi connectivity index (χ2n) is 7.54. The van der Waals surface area contributed by atoms with Gasteiger partial charge in [-0.15, -0.1) is 0 Å². The molecule has 2 aliphatic heterocycles. The summed E-state index contributed by atoms with van der Waals surface area (Å²) in [7, 11) is 0. The fourth-order valence-electron chi connectivity index (χ4n) is 3.49. The number of hydrogen-bond donors (Lipinski definition) is 2. The fraction of sp³-hybridized carbons (Fsp3) is 0.381. The number of nitrogens with one attached hydrogen (secondary N) is 2. The number of hydrogen-bond acceptors (Lipinski definition) is 5. The number of ether oxygens (including phenoxy) is 1. The van der Waals surface area contributed by atoms with Crippen molar-refractivity contribution in [2.24, 2.45) is 4.99 Å². The van der Waals surface area contributed by atoms with Gasteiger partial charge in [0.2, 0.25) is 0 Å². The molecule has 0 radical (unpaired) electrons. The minimum atomic E-state index is -0.441. The van der Waals surface area contributed by atoms with Crippen LogP contribution in [0.2, 0.25) is 0 Å². The molecule has 0 atom stereocenters. The first-order chi connectivity index (χ1) is 13.8. The molecule has 0 bridgehead atoms. The molecule has 6 nitrogen and oxygen atoms in total. The van der Waals surface area contributed by atoms with Gasteiger partial charge in [0.05, 0.1) is 41.2 Å². The largest absolute Gasteiger partial charge is 0.489 e. The van der Waals surface area contributed by atoms with Gasteiger partial charge in [0.15, 0.2) is 0 Å². The highest BCUT2D eigenvalue weighted by atomic mass is 35.5. The summed E-state index contributed by atoms with van der Waals surface area (Å²) in [6.45, 7) is 4.04. The Labute approximate surface area is 173 Å². The molecular weight excluding hydrogens is 395 g/mol. The molecule has 8 heteroatoms. The summed E-state index contributed by atoms with van der Waals surface area (Å²) in [5.41, 5.74) is 2.69. The maximum atomic E-state index is 13.7. The van der Waals surface area contributed by atoms with Crippen LogP contribution in [0.4, 0.5) is 4.39 Å². The van der Waals surface area contributed by atoms with Crippen molar-refractivity contribution in [2.45, 2.75) is 39.2 Å². The zero-order valence-corrected chi connectivity index (χ0v) is 17.1. The molecule has 0 spiro atoms. The van der Waals surface area contributed by atoms with Gasteiger partial charge in [-0.05, 0) is 45.2 Å². The van der Waals surface area contributed by atoms with Gasteiger partial charge in [-0.25, -0.2) is 9.38 Å². The predicted molar refractivity (Wildman–Crippen MR) is 110 cm³/mol. The van der Waals surface area contributed by atoms with E-state index in [1.165, 1.54) is 18.2 Å². The van der Waals surface area contributed by atoms with Crippen LogP contribution < -0.4 is 10.1 Å². The lowest BCUT2D eigenvalue weighted by Crippen LogP contribution is -2.31. The van der Waals surface area contributed by atoms with Crippen LogP contribution in [0.5, 0.6) is 5.75 Å². The van der Waals surface area contributed by atoms with Crippen LogP contribution in [0.1, 0.15) is 43.5 Å². The molecule has 2 heterocycles. The second kappa shape index (κ2) is 7.63. The number of aliphatic imine (C=N–C) groups is 1. The van der Waals surface area contributed by atoms with E-state index in [1.54, 1.807) is 11.8 Å². The van der Waals surface area contributed by atoms with Crippen LogP contribution in [0.25, 0.3) is 0 Å². The van der Waals surface area contributed by atoms with Crippen molar-refractivity contribution in [2.75, 3.05) is 13.1 Å². The first kappa shape index (κ1) is 19.6. The summed E-state index contributed by atoms with van der Waals surface area (Å²) in [6.07, 6.45) is 2.93. The highest BCUT2D eigenvalue weighted by molar-refractivity contribution is 6.43. The van der Waals surface area contributed by atoms with E-state index in [4.69, 9.17) is 21.7 Å². The number of likely N-dealkylation sites (tertiary alicyclic amines) is 1. The van der Waals surface area contributed by atoms with Crippen molar-refractivity contribution in [1.29, 1.82) is 5.41 Å². The van der Waals surface area contributed by atoms with E-state index in [0.29, 0.717) is 33.4 Å². The molecule has 0 unspecified atom stereocenters. The Kier molecular flexibility index (Phi) is 5.17. The summed E-state index contributed by atoms with van der Waals surface area (Å²) in [4.78, 5) is 19.1. The van der Waals surface area contributed by atoms with E-state index in [9.17, 15) is 9.18 Å². The number of rotatable bonds is 3. The number of allylic oxidation sites excluding steroid dienone is 2. The van der Waals surface area contributed by atoms with Gasteiger partial charge in [0, 0.05) is 17.3 Å². The monoisotopic (exact) mass is 416 g/mol. The van der Waals surface area contributed by atoms with Gasteiger partial charge >= 0.3 is 0 Å². The third-order valence-corrected chi connectivity index (χ3v) is 5.94. The number of nitrogens with zero attached hydrogens (tertiary/aromatic N) is 2. The van der Waals surface area contributed by atoms with E-state index in [1.807, 2.05) is 6.92 Å². The molecule has 1 amide bonds. The number of halogens is 2. The third-order valence-electron chi connectivity index (χ3n) is 5.39. The summed E-state index contributed by atoms with van der Waals surface area (Å²) < 4.78 is 19.6. The average molecular weight is 417 g/mol. The van der Waals surface area contributed by atoms with Crippen molar-refractivity contribution in [3.05, 3.63) is 51.7 Å². The van der Waals surface area contributed by atoms with E-state index in [-0.39, 0.29) is 30.9 Å². The maximum absolute atomic E-state index is 13.7. The molecule has 1 aliphatic carbocycles. The lowest BCUT2D eigenvalue weighted by molar-refractivity contribution is 0.0784. The summed E-state index contributed by atoms with van der Waals surface area (Å²) in [5, 5.41) is 12.0. The Morgan fingerprint density at radius 2 is 2.10 bits per heavy atom. The van der Waals surface area contributed by atoms with Crippen LogP contribution in [0, 0.1) is 11.2 Å². The standard InChI is InChI=1S/C21H22ClFN4O2/c1-11-19(22)12(2)26-20(25-11)16-9-27(10-17(16)24)21(28)15-7-6-13(23)8-18(15)29-14-4-3-5-14/h6-8,14,24-25H,3-5,9-10H2,1-2H3/b20-16+,24-17?. The first-order valence-electron chi connectivity index (χ1n) is 9.59. The van der Waals surface area contributed by atoms with Crippen molar-refractivity contribution in [3.63, 3.8) is 0 Å². The fourth-order valence-corrected chi connectivity index (χ4v) is 3.58. The average Bonchev–Trinajstić information content (AvgIpc) is 3.03. The summed E-state index contributed by atoms with van der Waals surface area (Å²) in [5.74, 6) is 0.0713. The van der Waals surface area contributed by atoms with E-state index < -0.39 is 5.82 Å². The Hall–Kier alpha value is -2.67. The highest BCUT2D eigenvalue weighted by Crippen LogP contribution is 2.30. The quantitative estimate of drug-likeness (QED) is 0.782. The van der Waals surface area contributed by atoms with Gasteiger partial charge < -0.3 is 20.4 Å². The van der Waals surface area contributed by atoms with Crippen LogP contribution in [-0.2, 0) is 0 Å². The van der Waals surface area contributed by atoms with Gasteiger partial charge in [0.25, 0.3) is 5.91 Å². The predicted octanol–water partition coefficient (Wildman–Crippen LogP) is 3.98. The molecule has 4 rings (SSSR count). The number of amides is 1. The lowest BCUT2D eigenvalue weighted by Gasteiger charge is -2.28. The number of carbonyl (C=O) groups is 1. The van der Waals surface area contributed by atoms with E-state index >= 15 is 0 Å². The molecule has 1 aromatic carbocycles. The topological polar surface area (TPSA) is 77.8 Å². The minimum Gasteiger partial charge on any atom is -0.489 e. The molecular formula is C21H22ClFN4O2. The molecule has 2 fully saturated rings. The molecule has 0 aromatic heterocycles. The van der Waals surface area contributed by atoms with Gasteiger partial charge in [-0.3, -0.25) is 4.79 Å². The maximum Gasteiger partial charge on any atom is 0.258 e. The molecule has 29 heavy (non-hydrogen) atoms. The highest BCUT2D eigenvalue weighted by Gasteiger charge is 2.32. The Morgan fingerprint density at radius 3 is 2.76 bits per heavy atom. The number of benzene rings is 1. The van der Waals surface area contributed by atoms with Gasteiger partial charge in [-0.2, -0.15) is 0 Å². The Morgan fingerprint density at radius 1 is 1.34 bits per heavy atom. The molecule has 1 saturated carbocycles. The Bertz CT molecular complexity index is 994. The summed E-state index contributed by atoms with van der Waals surface area (Å²) >= 11 is 6.17. The van der Waals surface area contributed by atoms with Crippen LogP contribution >= 0.6 is 11.6 Å². The normalized spacial score (nSPS) is 22.4. The first-order valence-corrected chi connectivity index (χ1v) is 9.96. The molecule has 2 N–H and O–H groups in total. The van der Waals surface area contributed by atoms with Gasteiger partial charge in [-0.1, -0.05) is 11.6 Å². The second-order valence-corrected chi connectivity index (χ2v) is 7.92. The molecule has 152 valence electrons. The smallest absolute Gasteiger partial charge is 0.258 e. The molecule has 1 aromatic rings. The molecule has 1 saturated heterocycles. The van der Waals surface area contributed by atoms with Crippen molar-refractivity contribution >= 4 is 28.9 Å². The molecule has 3 aliphatic rings. The zero-order chi connectivity index (χ0) is 20.7. The third kappa shape index (κ3) is 3.79.